The first-order valence-corrected chi connectivity index (χ1v) is 14.1. The summed E-state index contributed by atoms with van der Waals surface area (Å²) in [5, 5.41) is 6.05. The minimum atomic E-state index is -5.17. The van der Waals surface area contributed by atoms with Crippen molar-refractivity contribution in [2.24, 2.45) is 0 Å². The lowest BCUT2D eigenvalue weighted by Gasteiger charge is -2.34. The maximum Gasteiger partial charge on any atom is 0.423 e. The maximum absolute atomic E-state index is 13.9. The van der Waals surface area contributed by atoms with E-state index in [2.05, 4.69) is 30.1 Å². The van der Waals surface area contributed by atoms with E-state index in [4.69, 9.17) is 9.47 Å². The normalized spacial score (nSPS) is 15.0. The average Bonchev–Trinajstić information content (AvgIpc) is 3.01. The van der Waals surface area contributed by atoms with Crippen molar-refractivity contribution in [3.8, 4) is 11.5 Å². The second-order valence-electron chi connectivity index (χ2n) is 10.4. The lowest BCUT2D eigenvalue weighted by atomic mass is 10.2. The molecule has 1 aliphatic heterocycles. The van der Waals surface area contributed by atoms with E-state index in [1.54, 1.807) is 0 Å². The summed E-state index contributed by atoms with van der Waals surface area (Å²) >= 11 is 0. The van der Waals surface area contributed by atoms with Crippen molar-refractivity contribution in [1.82, 2.24) is 24.7 Å². The van der Waals surface area contributed by atoms with Crippen LogP contribution in [0.4, 0.5) is 57.0 Å². The van der Waals surface area contributed by atoms with E-state index in [9.17, 15) is 49.1 Å². The largest absolute Gasteiger partial charge is 0.490 e. The second-order valence-corrected chi connectivity index (χ2v) is 10.4. The molecule has 1 unspecified atom stereocenters. The Balaban J connectivity index is 1.42. The topological polar surface area (TPSA) is 137 Å². The van der Waals surface area contributed by atoms with Gasteiger partial charge in [0.1, 0.15) is 25.4 Å². The summed E-state index contributed by atoms with van der Waals surface area (Å²) in [5.74, 6) is -0.547. The first-order chi connectivity index (χ1) is 22.9. The van der Waals surface area contributed by atoms with E-state index in [0.717, 1.165) is 0 Å². The SMILES string of the molecule is COc1c(OCC(C)Nc2cnn(COCCC(F)(F)F)c(=O)c2C(F)(F)F)ccnc1N1CCN(c2ncc(C(F)(F)F)cn2)CC1=O. The molecule has 3 aromatic rings. The zero-order chi connectivity index (χ0) is 36.1. The fourth-order valence-electron chi connectivity index (χ4n) is 4.44. The third kappa shape index (κ3) is 9.38. The number of rotatable bonds is 12. The Labute approximate surface area is 270 Å². The van der Waals surface area contributed by atoms with Gasteiger partial charge in [-0.2, -0.15) is 44.6 Å². The van der Waals surface area contributed by atoms with Crippen LogP contribution in [-0.2, 0) is 28.6 Å². The van der Waals surface area contributed by atoms with Crippen LogP contribution >= 0.6 is 0 Å². The van der Waals surface area contributed by atoms with Gasteiger partial charge in [-0.3, -0.25) is 14.5 Å². The minimum Gasteiger partial charge on any atom is -0.490 e. The van der Waals surface area contributed by atoms with E-state index in [1.165, 1.54) is 36.1 Å². The number of pyridine rings is 1. The first-order valence-electron chi connectivity index (χ1n) is 14.1. The second kappa shape index (κ2) is 14.7. The highest BCUT2D eigenvalue weighted by atomic mass is 19.4. The van der Waals surface area contributed by atoms with Crippen LogP contribution in [-0.4, -0.2) is 82.8 Å². The van der Waals surface area contributed by atoms with Gasteiger partial charge in [-0.25, -0.2) is 19.6 Å². The number of ether oxygens (including phenoxy) is 3. The molecule has 4 heterocycles. The molecule has 0 radical (unpaired) electrons. The Hall–Kier alpha value is -4.89. The van der Waals surface area contributed by atoms with E-state index in [1.807, 2.05) is 0 Å². The van der Waals surface area contributed by atoms with Crippen LogP contribution in [0.1, 0.15) is 24.5 Å². The van der Waals surface area contributed by atoms with Crippen molar-refractivity contribution in [2.75, 3.05) is 55.1 Å². The van der Waals surface area contributed by atoms with E-state index in [-0.39, 0.29) is 54.2 Å². The molecule has 1 N–H and O–H groups in total. The van der Waals surface area contributed by atoms with Gasteiger partial charge in [0.25, 0.3) is 5.56 Å². The summed E-state index contributed by atoms with van der Waals surface area (Å²) in [4.78, 5) is 39.8. The van der Waals surface area contributed by atoms with Gasteiger partial charge >= 0.3 is 18.5 Å². The maximum atomic E-state index is 13.9. The highest BCUT2D eigenvalue weighted by Crippen LogP contribution is 2.37. The van der Waals surface area contributed by atoms with Crippen molar-refractivity contribution in [3.05, 3.63) is 52.3 Å². The molecule has 0 saturated carbocycles. The van der Waals surface area contributed by atoms with Crippen molar-refractivity contribution >= 4 is 23.4 Å². The highest BCUT2D eigenvalue weighted by molar-refractivity contribution is 5.98. The number of amides is 1. The number of hydrogen-bond acceptors (Lipinski definition) is 11. The molecule has 0 aliphatic carbocycles. The molecule has 3 aromatic heterocycles. The number of anilines is 3. The van der Waals surface area contributed by atoms with Gasteiger partial charge in [0, 0.05) is 37.7 Å². The first kappa shape index (κ1) is 36.9. The Kier molecular flexibility index (Phi) is 11.1. The third-order valence-electron chi connectivity index (χ3n) is 6.74. The lowest BCUT2D eigenvalue weighted by molar-refractivity contribution is -0.148. The van der Waals surface area contributed by atoms with Crippen LogP contribution in [0.25, 0.3) is 0 Å². The summed E-state index contributed by atoms with van der Waals surface area (Å²) in [7, 11) is 1.26. The number of methoxy groups -OCH3 is 1. The molecule has 1 atom stereocenters. The van der Waals surface area contributed by atoms with Gasteiger partial charge in [-0.05, 0) is 6.92 Å². The fourth-order valence-corrected chi connectivity index (χ4v) is 4.44. The molecule has 13 nitrogen and oxygen atoms in total. The van der Waals surface area contributed by atoms with Crippen LogP contribution in [0, 0.1) is 0 Å². The Morgan fingerprint density at radius 2 is 1.65 bits per heavy atom. The predicted molar refractivity (Wildman–Crippen MR) is 151 cm³/mol. The lowest BCUT2D eigenvalue weighted by Crippen LogP contribution is -2.51. The molecule has 49 heavy (non-hydrogen) atoms. The number of nitrogens with one attached hydrogen (secondary N) is 1. The molecule has 268 valence electrons. The number of carbonyl (C=O) groups is 1. The van der Waals surface area contributed by atoms with E-state index >= 15 is 0 Å². The predicted octanol–water partition coefficient (Wildman–Crippen LogP) is 4.13. The Morgan fingerprint density at radius 1 is 0.959 bits per heavy atom. The summed E-state index contributed by atoms with van der Waals surface area (Å²) in [6, 6.07) is 0.463. The molecule has 4 rings (SSSR count). The van der Waals surface area contributed by atoms with Crippen LogP contribution in [0.2, 0.25) is 0 Å². The van der Waals surface area contributed by atoms with Crippen molar-refractivity contribution in [2.45, 2.75) is 44.6 Å². The number of aromatic nitrogens is 5. The summed E-state index contributed by atoms with van der Waals surface area (Å²) < 4.78 is 133. The number of carbonyl (C=O) groups excluding carboxylic acids is 1. The molecule has 1 fully saturated rings. The average molecular weight is 715 g/mol. The Bertz CT molecular complexity index is 1670. The van der Waals surface area contributed by atoms with Gasteiger partial charge in [0.2, 0.25) is 17.6 Å². The molecular formula is C27H27F9N8O5. The summed E-state index contributed by atoms with van der Waals surface area (Å²) in [5.41, 5.74) is -5.07. The third-order valence-corrected chi connectivity index (χ3v) is 6.74. The standard InChI is InChI=1S/C27H27F9N8O5/c1-15(41-17-11-40-44(14-48-8-4-25(28,29)30)23(46)20(17)27(34,35)36)13-49-18-3-5-37-22(21(18)47-2)43-7-6-42(12-19(43)45)24-38-9-16(10-39-24)26(31,32)33/h3,5,9-11,15,41H,4,6-8,12-14H2,1-2H3. The molecule has 0 bridgehead atoms. The van der Waals surface area contributed by atoms with E-state index in [0.29, 0.717) is 18.6 Å². The van der Waals surface area contributed by atoms with E-state index < -0.39 is 72.6 Å². The zero-order valence-electron chi connectivity index (χ0n) is 25.5. The molecule has 0 aromatic carbocycles. The van der Waals surface area contributed by atoms with Gasteiger partial charge in [0.05, 0.1) is 43.6 Å². The van der Waals surface area contributed by atoms with Crippen molar-refractivity contribution in [3.63, 3.8) is 0 Å². The van der Waals surface area contributed by atoms with Crippen LogP contribution in [0.3, 0.4) is 0 Å². The smallest absolute Gasteiger partial charge is 0.423 e. The molecule has 0 spiro atoms. The molecule has 1 amide bonds. The number of halogens is 9. The Morgan fingerprint density at radius 3 is 2.24 bits per heavy atom. The van der Waals surface area contributed by atoms with Crippen LogP contribution in [0.5, 0.6) is 11.5 Å². The number of hydrogen-bond donors (Lipinski definition) is 1. The van der Waals surface area contributed by atoms with Gasteiger partial charge in [-0.15, -0.1) is 0 Å². The van der Waals surface area contributed by atoms with Crippen molar-refractivity contribution < 1.29 is 58.5 Å². The minimum absolute atomic E-state index is 0.000110. The number of nitrogens with zero attached hydrogens (tertiary/aromatic N) is 7. The van der Waals surface area contributed by atoms with Crippen LogP contribution in [0.15, 0.2) is 35.6 Å². The molecule has 22 heteroatoms. The molecule has 1 saturated heterocycles. The van der Waals surface area contributed by atoms with Gasteiger partial charge in [-0.1, -0.05) is 0 Å². The summed E-state index contributed by atoms with van der Waals surface area (Å²) in [6.45, 7) is -0.921. The van der Waals surface area contributed by atoms with Gasteiger partial charge in [0.15, 0.2) is 11.6 Å². The molecular weight excluding hydrogens is 687 g/mol. The van der Waals surface area contributed by atoms with Crippen molar-refractivity contribution in [1.29, 1.82) is 0 Å². The highest BCUT2D eigenvalue weighted by Gasteiger charge is 2.39. The fraction of sp³-hybridized carbons (Fsp3) is 0.481. The number of alkyl halides is 9. The zero-order valence-corrected chi connectivity index (χ0v) is 25.5. The van der Waals surface area contributed by atoms with Gasteiger partial charge < -0.3 is 24.4 Å². The quantitative estimate of drug-likeness (QED) is 0.214. The van der Waals surface area contributed by atoms with Crippen LogP contribution < -0.4 is 30.1 Å². The number of piperazine rings is 1. The monoisotopic (exact) mass is 714 g/mol. The summed E-state index contributed by atoms with van der Waals surface area (Å²) in [6.07, 6.45) is -12.6. The molecule has 1 aliphatic rings.